The monoisotopic (exact) mass is 364 g/mol. The van der Waals surface area contributed by atoms with Crippen LogP contribution in [-0.4, -0.2) is 25.0 Å². The summed E-state index contributed by atoms with van der Waals surface area (Å²) in [5, 5.41) is 3.85. The van der Waals surface area contributed by atoms with Gasteiger partial charge in [0.2, 0.25) is 5.91 Å². The molecule has 0 bridgehead atoms. The number of carbonyl (C=O) groups excluding carboxylic acids is 2. The summed E-state index contributed by atoms with van der Waals surface area (Å²) in [6, 6.07) is 10.1. The minimum absolute atomic E-state index is 0.109. The maximum atomic E-state index is 12.3. The zero-order valence-electron chi connectivity index (χ0n) is 12.8. The number of benzene rings is 2. The molecule has 1 aliphatic heterocycles. The fourth-order valence-electron chi connectivity index (χ4n) is 2.42. The maximum Gasteiger partial charge on any atom is 0.265 e. The molecule has 1 N–H and O–H groups in total. The Hall–Kier alpha value is -2.24. The molecule has 2 amide bonds. The van der Waals surface area contributed by atoms with E-state index in [9.17, 15) is 9.59 Å². The van der Waals surface area contributed by atoms with Gasteiger partial charge < -0.3 is 10.1 Å². The fraction of sp³-hybridized carbons (Fsp3) is 0.176. The van der Waals surface area contributed by atoms with Gasteiger partial charge in [0.1, 0.15) is 12.3 Å². The first-order valence-corrected chi connectivity index (χ1v) is 7.98. The number of ether oxygens (including phenoxy) is 1. The Balaban J connectivity index is 1.77. The van der Waals surface area contributed by atoms with Crippen molar-refractivity contribution >= 4 is 46.4 Å². The van der Waals surface area contributed by atoms with Crippen LogP contribution in [0.5, 0.6) is 5.75 Å². The number of halogens is 2. The molecule has 24 heavy (non-hydrogen) atoms. The highest BCUT2D eigenvalue weighted by Crippen LogP contribution is 2.34. The van der Waals surface area contributed by atoms with Crippen molar-refractivity contribution in [3.8, 4) is 5.75 Å². The van der Waals surface area contributed by atoms with Gasteiger partial charge in [-0.3, -0.25) is 14.5 Å². The first-order valence-electron chi connectivity index (χ1n) is 7.23. The molecule has 2 aromatic carbocycles. The highest BCUT2D eigenvalue weighted by molar-refractivity contribution is 6.31. The van der Waals surface area contributed by atoms with Crippen molar-refractivity contribution in [3.63, 3.8) is 0 Å². The zero-order valence-corrected chi connectivity index (χ0v) is 14.3. The molecule has 0 saturated heterocycles. The minimum atomic E-state index is -0.321. The molecule has 124 valence electrons. The lowest BCUT2D eigenvalue weighted by Gasteiger charge is -2.29. The number of rotatable bonds is 3. The Morgan fingerprint density at radius 1 is 1.25 bits per heavy atom. The first kappa shape index (κ1) is 16.6. The van der Waals surface area contributed by atoms with Gasteiger partial charge in [-0.15, -0.1) is 0 Å². The quantitative estimate of drug-likeness (QED) is 0.903. The lowest BCUT2D eigenvalue weighted by Crippen LogP contribution is -2.43. The predicted molar refractivity (Wildman–Crippen MR) is 94.1 cm³/mol. The SMILES string of the molecule is Cc1cc(NC(=O)CN2C(=O)COc3ccc(Cl)cc32)ccc1Cl. The standard InChI is InChI=1S/C17H14Cl2N2O3/c1-10-6-12(3-4-13(10)19)20-16(22)8-21-14-7-11(18)2-5-15(14)24-9-17(21)23/h2-7H,8-9H2,1H3,(H,20,22). The van der Waals surface area contributed by atoms with E-state index >= 15 is 0 Å². The van der Waals surface area contributed by atoms with Crippen molar-refractivity contribution in [2.75, 3.05) is 23.4 Å². The molecule has 5 nitrogen and oxygen atoms in total. The molecule has 0 aromatic heterocycles. The molecule has 1 heterocycles. The molecule has 1 aliphatic rings. The number of hydrogen-bond donors (Lipinski definition) is 1. The minimum Gasteiger partial charge on any atom is -0.482 e. The van der Waals surface area contributed by atoms with Gasteiger partial charge in [-0.05, 0) is 48.9 Å². The number of anilines is 2. The van der Waals surface area contributed by atoms with Gasteiger partial charge in [-0.2, -0.15) is 0 Å². The number of carbonyl (C=O) groups is 2. The third kappa shape index (κ3) is 3.47. The van der Waals surface area contributed by atoms with Crippen molar-refractivity contribution in [3.05, 3.63) is 52.0 Å². The summed E-state index contributed by atoms with van der Waals surface area (Å²) in [4.78, 5) is 25.8. The summed E-state index contributed by atoms with van der Waals surface area (Å²) in [5.41, 5.74) is 1.96. The van der Waals surface area contributed by atoms with Crippen molar-refractivity contribution < 1.29 is 14.3 Å². The van der Waals surface area contributed by atoms with E-state index in [0.29, 0.717) is 27.2 Å². The topological polar surface area (TPSA) is 58.6 Å². The van der Waals surface area contributed by atoms with Gasteiger partial charge in [0.25, 0.3) is 5.91 Å². The summed E-state index contributed by atoms with van der Waals surface area (Å²) < 4.78 is 5.35. The van der Waals surface area contributed by atoms with E-state index in [1.807, 2.05) is 6.92 Å². The van der Waals surface area contributed by atoms with E-state index in [4.69, 9.17) is 27.9 Å². The van der Waals surface area contributed by atoms with Crippen LogP contribution in [0, 0.1) is 6.92 Å². The van der Waals surface area contributed by atoms with E-state index < -0.39 is 0 Å². The summed E-state index contributed by atoms with van der Waals surface area (Å²) in [6.45, 7) is 1.61. The van der Waals surface area contributed by atoms with Crippen molar-refractivity contribution in [2.45, 2.75) is 6.92 Å². The Labute approximate surface area is 149 Å². The average molecular weight is 365 g/mol. The normalized spacial score (nSPS) is 13.3. The second-order valence-corrected chi connectivity index (χ2v) is 6.24. The smallest absolute Gasteiger partial charge is 0.265 e. The third-order valence-corrected chi connectivity index (χ3v) is 4.27. The Morgan fingerprint density at radius 2 is 2.04 bits per heavy atom. The maximum absolute atomic E-state index is 12.3. The molecular formula is C17H14Cl2N2O3. The van der Waals surface area contributed by atoms with Gasteiger partial charge in [-0.25, -0.2) is 0 Å². The van der Waals surface area contributed by atoms with E-state index in [1.165, 1.54) is 4.90 Å². The Bertz CT molecular complexity index is 823. The number of hydrogen-bond acceptors (Lipinski definition) is 3. The largest absolute Gasteiger partial charge is 0.482 e. The van der Waals surface area contributed by atoms with Crippen LogP contribution >= 0.6 is 23.2 Å². The second kappa shape index (κ2) is 6.71. The Kier molecular flexibility index (Phi) is 4.64. The summed E-state index contributed by atoms with van der Waals surface area (Å²) in [7, 11) is 0. The highest BCUT2D eigenvalue weighted by atomic mass is 35.5. The van der Waals surface area contributed by atoms with Gasteiger partial charge >= 0.3 is 0 Å². The molecule has 7 heteroatoms. The van der Waals surface area contributed by atoms with Gasteiger partial charge in [-0.1, -0.05) is 23.2 Å². The molecule has 0 aliphatic carbocycles. The zero-order chi connectivity index (χ0) is 17.3. The summed E-state index contributed by atoms with van der Waals surface area (Å²) >= 11 is 12.0. The van der Waals surface area contributed by atoms with Crippen LogP contribution < -0.4 is 15.0 Å². The number of nitrogens with zero attached hydrogens (tertiary/aromatic N) is 1. The summed E-state index contributed by atoms with van der Waals surface area (Å²) in [6.07, 6.45) is 0. The number of amides is 2. The molecule has 0 unspecified atom stereocenters. The number of nitrogens with one attached hydrogen (secondary N) is 1. The van der Waals surface area contributed by atoms with Crippen molar-refractivity contribution in [2.24, 2.45) is 0 Å². The molecule has 2 aromatic rings. The van der Waals surface area contributed by atoms with Crippen LogP contribution in [-0.2, 0) is 9.59 Å². The summed E-state index contributed by atoms with van der Waals surface area (Å²) in [5.74, 6) is -0.0979. The molecule has 0 atom stereocenters. The molecule has 0 saturated carbocycles. The first-order chi connectivity index (χ1) is 11.4. The van der Waals surface area contributed by atoms with E-state index in [2.05, 4.69) is 5.32 Å². The van der Waals surface area contributed by atoms with Crippen molar-refractivity contribution in [1.29, 1.82) is 0 Å². The highest BCUT2D eigenvalue weighted by Gasteiger charge is 2.27. The molecule has 0 radical (unpaired) electrons. The van der Waals surface area contributed by atoms with Gasteiger partial charge in [0.05, 0.1) is 5.69 Å². The second-order valence-electron chi connectivity index (χ2n) is 5.39. The van der Waals surface area contributed by atoms with Crippen LogP contribution in [0.4, 0.5) is 11.4 Å². The van der Waals surface area contributed by atoms with Crippen LogP contribution in [0.25, 0.3) is 0 Å². The average Bonchev–Trinajstić information content (AvgIpc) is 2.54. The third-order valence-electron chi connectivity index (χ3n) is 3.61. The number of aryl methyl sites for hydroxylation is 1. The van der Waals surface area contributed by atoms with Gasteiger partial charge in [0.15, 0.2) is 6.61 Å². The van der Waals surface area contributed by atoms with E-state index in [-0.39, 0.29) is 25.0 Å². The fourth-order valence-corrected chi connectivity index (χ4v) is 2.70. The van der Waals surface area contributed by atoms with E-state index in [0.717, 1.165) is 5.56 Å². The molecular weight excluding hydrogens is 351 g/mol. The predicted octanol–water partition coefficient (Wildman–Crippen LogP) is 3.67. The molecule has 3 rings (SSSR count). The lowest BCUT2D eigenvalue weighted by molar-refractivity contribution is -0.123. The van der Waals surface area contributed by atoms with Gasteiger partial charge in [0, 0.05) is 15.7 Å². The van der Waals surface area contributed by atoms with Crippen LogP contribution in [0.1, 0.15) is 5.56 Å². The van der Waals surface area contributed by atoms with E-state index in [1.54, 1.807) is 36.4 Å². The molecule has 0 fully saturated rings. The lowest BCUT2D eigenvalue weighted by atomic mass is 10.2. The van der Waals surface area contributed by atoms with Crippen LogP contribution in [0.2, 0.25) is 10.0 Å². The number of fused-ring (bicyclic) bond motifs is 1. The Morgan fingerprint density at radius 3 is 2.79 bits per heavy atom. The van der Waals surface area contributed by atoms with Crippen LogP contribution in [0.15, 0.2) is 36.4 Å². The van der Waals surface area contributed by atoms with Crippen LogP contribution in [0.3, 0.4) is 0 Å². The molecule has 0 spiro atoms. The van der Waals surface area contributed by atoms with Crippen molar-refractivity contribution in [1.82, 2.24) is 0 Å².